The van der Waals surface area contributed by atoms with E-state index in [1.54, 1.807) is 0 Å². The van der Waals surface area contributed by atoms with Gasteiger partial charge in [0.1, 0.15) is 0 Å². The fourth-order valence-electron chi connectivity index (χ4n) is 1.95. The second-order valence-corrected chi connectivity index (χ2v) is 5.74. The Hall–Kier alpha value is -0.570. The molecule has 3 heteroatoms. The minimum absolute atomic E-state index is 0.0907. The van der Waals surface area contributed by atoms with Crippen LogP contribution >= 0.6 is 0 Å². The van der Waals surface area contributed by atoms with Crippen molar-refractivity contribution < 1.29 is 4.79 Å². The van der Waals surface area contributed by atoms with Crippen LogP contribution in [-0.2, 0) is 4.79 Å². The van der Waals surface area contributed by atoms with E-state index in [9.17, 15) is 4.79 Å². The fraction of sp³-hybridized carbons (Fsp3) is 0.917. The number of hydrogen-bond acceptors (Lipinski definition) is 2. The lowest BCUT2D eigenvalue weighted by Crippen LogP contribution is -2.47. The predicted octanol–water partition coefficient (Wildman–Crippen LogP) is 1.63. The van der Waals surface area contributed by atoms with E-state index < -0.39 is 0 Å². The Balaban J connectivity index is 2.44. The summed E-state index contributed by atoms with van der Waals surface area (Å²) in [5.41, 5.74) is 0.0907. The van der Waals surface area contributed by atoms with Crippen LogP contribution in [0.5, 0.6) is 0 Å². The van der Waals surface area contributed by atoms with Gasteiger partial charge in [-0.15, -0.1) is 0 Å². The van der Waals surface area contributed by atoms with E-state index in [-0.39, 0.29) is 11.3 Å². The summed E-state index contributed by atoms with van der Waals surface area (Å²) in [4.78, 5) is 13.9. The predicted molar refractivity (Wildman–Crippen MR) is 62.7 cm³/mol. The van der Waals surface area contributed by atoms with Gasteiger partial charge in [-0.25, -0.2) is 0 Å². The van der Waals surface area contributed by atoms with Gasteiger partial charge in [0.25, 0.3) is 0 Å². The molecule has 0 aromatic carbocycles. The first kappa shape index (κ1) is 12.5. The Morgan fingerprint density at radius 1 is 1.47 bits per heavy atom. The van der Waals surface area contributed by atoms with Crippen molar-refractivity contribution in [3.8, 4) is 0 Å². The molecule has 1 fully saturated rings. The van der Waals surface area contributed by atoms with Gasteiger partial charge in [-0.05, 0) is 24.8 Å². The molecule has 3 nitrogen and oxygen atoms in total. The Labute approximate surface area is 93.2 Å². The van der Waals surface area contributed by atoms with Crippen LogP contribution in [0.4, 0.5) is 0 Å². The average molecular weight is 212 g/mol. The maximum absolute atomic E-state index is 12.0. The van der Waals surface area contributed by atoms with E-state index in [4.69, 9.17) is 0 Å². The number of piperidine rings is 1. The molecule has 0 aromatic heterocycles. The first-order valence-corrected chi connectivity index (χ1v) is 5.86. The smallest absolute Gasteiger partial charge is 0.223 e. The van der Waals surface area contributed by atoms with Crippen molar-refractivity contribution >= 4 is 5.91 Å². The lowest BCUT2D eigenvalue weighted by Gasteiger charge is -2.33. The van der Waals surface area contributed by atoms with Gasteiger partial charge in [0.2, 0.25) is 5.91 Å². The van der Waals surface area contributed by atoms with Crippen LogP contribution < -0.4 is 5.32 Å². The Morgan fingerprint density at radius 2 is 2.13 bits per heavy atom. The molecule has 1 amide bonds. The lowest BCUT2D eigenvalue weighted by molar-refractivity contribution is -0.134. The Bertz CT molecular complexity index is 214. The molecular weight excluding hydrogens is 188 g/mol. The standard InChI is InChI=1S/C12H24N2O/c1-12(2,3)8-11(15)14(4)10-6-5-7-13-9-10/h10,13H,5-9H2,1-4H3. The highest BCUT2D eigenvalue weighted by atomic mass is 16.2. The summed E-state index contributed by atoms with van der Waals surface area (Å²) in [5.74, 6) is 0.274. The molecular formula is C12H24N2O. The van der Waals surface area contributed by atoms with Gasteiger partial charge >= 0.3 is 0 Å². The molecule has 1 N–H and O–H groups in total. The number of rotatable bonds is 2. The normalized spacial score (nSPS) is 22.5. The number of amides is 1. The van der Waals surface area contributed by atoms with E-state index in [2.05, 4.69) is 26.1 Å². The third-order valence-electron chi connectivity index (χ3n) is 2.89. The molecule has 0 radical (unpaired) electrons. The third kappa shape index (κ3) is 4.20. The fourth-order valence-corrected chi connectivity index (χ4v) is 1.95. The highest BCUT2D eigenvalue weighted by Crippen LogP contribution is 2.21. The quantitative estimate of drug-likeness (QED) is 0.754. The van der Waals surface area contributed by atoms with Crippen LogP contribution in [0.3, 0.4) is 0 Å². The van der Waals surface area contributed by atoms with Crippen molar-refractivity contribution in [2.45, 2.75) is 46.1 Å². The topological polar surface area (TPSA) is 32.3 Å². The largest absolute Gasteiger partial charge is 0.341 e. The molecule has 1 atom stereocenters. The van der Waals surface area contributed by atoms with Crippen molar-refractivity contribution in [3.63, 3.8) is 0 Å². The average Bonchev–Trinajstić information content (AvgIpc) is 2.15. The van der Waals surface area contributed by atoms with E-state index in [0.717, 1.165) is 19.5 Å². The van der Waals surface area contributed by atoms with E-state index >= 15 is 0 Å². The monoisotopic (exact) mass is 212 g/mol. The van der Waals surface area contributed by atoms with E-state index in [1.165, 1.54) is 6.42 Å². The van der Waals surface area contributed by atoms with Crippen LogP contribution in [-0.4, -0.2) is 37.0 Å². The van der Waals surface area contributed by atoms with Crippen molar-refractivity contribution in [1.82, 2.24) is 10.2 Å². The number of carbonyl (C=O) groups is 1. The molecule has 15 heavy (non-hydrogen) atoms. The van der Waals surface area contributed by atoms with Gasteiger partial charge in [-0.1, -0.05) is 20.8 Å². The summed E-state index contributed by atoms with van der Waals surface area (Å²) in [6.07, 6.45) is 2.96. The zero-order valence-corrected chi connectivity index (χ0v) is 10.5. The van der Waals surface area contributed by atoms with Crippen LogP contribution in [0.15, 0.2) is 0 Å². The highest BCUT2D eigenvalue weighted by molar-refractivity contribution is 5.76. The number of carbonyl (C=O) groups excluding carboxylic acids is 1. The molecule has 1 unspecified atom stereocenters. The maximum Gasteiger partial charge on any atom is 0.223 e. The summed E-state index contributed by atoms with van der Waals surface area (Å²) >= 11 is 0. The summed E-state index contributed by atoms with van der Waals surface area (Å²) in [7, 11) is 1.94. The van der Waals surface area contributed by atoms with Crippen molar-refractivity contribution in [2.75, 3.05) is 20.1 Å². The minimum Gasteiger partial charge on any atom is -0.341 e. The van der Waals surface area contributed by atoms with Gasteiger partial charge in [0.05, 0.1) is 0 Å². The molecule has 88 valence electrons. The molecule has 0 aliphatic carbocycles. The Kier molecular flexibility index (Phi) is 4.14. The van der Waals surface area contributed by atoms with E-state index in [0.29, 0.717) is 12.5 Å². The molecule has 0 spiro atoms. The molecule has 1 aliphatic heterocycles. The van der Waals surface area contributed by atoms with E-state index in [1.807, 2.05) is 11.9 Å². The first-order valence-electron chi connectivity index (χ1n) is 5.86. The zero-order chi connectivity index (χ0) is 11.5. The van der Waals surface area contributed by atoms with Crippen molar-refractivity contribution in [1.29, 1.82) is 0 Å². The molecule has 0 aromatic rings. The van der Waals surface area contributed by atoms with Gasteiger partial charge in [-0.3, -0.25) is 4.79 Å². The zero-order valence-electron chi connectivity index (χ0n) is 10.5. The number of hydrogen-bond donors (Lipinski definition) is 1. The van der Waals surface area contributed by atoms with Gasteiger partial charge < -0.3 is 10.2 Å². The number of nitrogens with one attached hydrogen (secondary N) is 1. The molecule has 0 saturated carbocycles. The lowest BCUT2D eigenvalue weighted by atomic mass is 9.91. The molecule has 1 heterocycles. The van der Waals surface area contributed by atoms with Crippen LogP contribution in [0, 0.1) is 5.41 Å². The maximum atomic E-state index is 12.0. The van der Waals surface area contributed by atoms with Crippen LogP contribution in [0.1, 0.15) is 40.0 Å². The first-order chi connectivity index (χ1) is 6.90. The van der Waals surface area contributed by atoms with Crippen LogP contribution in [0.2, 0.25) is 0 Å². The van der Waals surface area contributed by atoms with Gasteiger partial charge in [0.15, 0.2) is 0 Å². The second kappa shape index (κ2) is 4.97. The van der Waals surface area contributed by atoms with Crippen molar-refractivity contribution in [3.05, 3.63) is 0 Å². The molecule has 0 bridgehead atoms. The number of likely N-dealkylation sites (N-methyl/N-ethyl adjacent to an activating group) is 1. The SMILES string of the molecule is CN(C(=O)CC(C)(C)C)C1CCCNC1. The summed E-state index contributed by atoms with van der Waals surface area (Å²) in [5, 5.41) is 3.34. The van der Waals surface area contributed by atoms with Gasteiger partial charge in [0, 0.05) is 26.1 Å². The third-order valence-corrected chi connectivity index (χ3v) is 2.89. The second-order valence-electron chi connectivity index (χ2n) is 5.74. The Morgan fingerprint density at radius 3 is 2.60 bits per heavy atom. The van der Waals surface area contributed by atoms with Gasteiger partial charge in [-0.2, -0.15) is 0 Å². The minimum atomic E-state index is 0.0907. The number of nitrogens with zero attached hydrogens (tertiary/aromatic N) is 1. The summed E-state index contributed by atoms with van der Waals surface area (Å²) in [6, 6.07) is 0.397. The van der Waals surface area contributed by atoms with Crippen molar-refractivity contribution in [2.24, 2.45) is 5.41 Å². The summed E-state index contributed by atoms with van der Waals surface area (Å²) in [6.45, 7) is 8.37. The summed E-state index contributed by atoms with van der Waals surface area (Å²) < 4.78 is 0. The highest BCUT2D eigenvalue weighted by Gasteiger charge is 2.25. The molecule has 1 aliphatic rings. The molecule has 1 rings (SSSR count). The molecule has 1 saturated heterocycles. The van der Waals surface area contributed by atoms with Crippen LogP contribution in [0.25, 0.3) is 0 Å².